The molecule has 0 aromatic heterocycles. The van der Waals surface area contributed by atoms with E-state index in [1.807, 2.05) is 6.92 Å². The van der Waals surface area contributed by atoms with Crippen molar-refractivity contribution >= 4 is 33.2 Å². The standard InChI is InChI=1S/C21H27ClN2O5S/c1-5-6-11-23-21(25)14-24(16-8-10-18(28-3)17(22)13-16)30(26,27)20-12-15(2)7-9-19(20)29-4/h7-10,12-13H,5-6,11,14H2,1-4H3,(H,23,25). The number of benzene rings is 2. The highest BCUT2D eigenvalue weighted by Crippen LogP contribution is 2.34. The van der Waals surface area contributed by atoms with Crippen LogP contribution in [0, 0.1) is 6.92 Å². The number of carbonyl (C=O) groups is 1. The van der Waals surface area contributed by atoms with Crippen LogP contribution in [-0.4, -0.2) is 41.6 Å². The fourth-order valence-electron chi connectivity index (χ4n) is 2.82. The number of halogens is 1. The van der Waals surface area contributed by atoms with Gasteiger partial charge in [-0.2, -0.15) is 0 Å². The molecular weight excluding hydrogens is 428 g/mol. The zero-order valence-electron chi connectivity index (χ0n) is 17.6. The molecule has 1 N–H and O–H groups in total. The van der Waals surface area contributed by atoms with Gasteiger partial charge in [0.05, 0.1) is 24.9 Å². The highest BCUT2D eigenvalue weighted by molar-refractivity contribution is 7.93. The quantitative estimate of drug-likeness (QED) is 0.552. The average Bonchev–Trinajstić information content (AvgIpc) is 2.72. The van der Waals surface area contributed by atoms with Gasteiger partial charge in [0.15, 0.2) is 0 Å². The third-order valence-corrected chi connectivity index (χ3v) is 6.54. The molecule has 9 heteroatoms. The van der Waals surface area contributed by atoms with Crippen LogP contribution in [0.3, 0.4) is 0 Å². The maximum Gasteiger partial charge on any atom is 0.268 e. The average molecular weight is 455 g/mol. The minimum absolute atomic E-state index is 0.0294. The first-order valence-corrected chi connectivity index (χ1v) is 11.3. The highest BCUT2D eigenvalue weighted by Gasteiger charge is 2.30. The Kier molecular flexibility index (Phi) is 8.37. The highest BCUT2D eigenvalue weighted by atomic mass is 35.5. The Morgan fingerprint density at radius 3 is 2.37 bits per heavy atom. The molecule has 1 amide bonds. The zero-order valence-corrected chi connectivity index (χ0v) is 19.1. The Morgan fingerprint density at radius 1 is 1.10 bits per heavy atom. The number of hydrogen-bond donors (Lipinski definition) is 1. The van der Waals surface area contributed by atoms with Gasteiger partial charge >= 0.3 is 0 Å². The van der Waals surface area contributed by atoms with Crippen LogP contribution in [0.2, 0.25) is 5.02 Å². The lowest BCUT2D eigenvalue weighted by molar-refractivity contribution is -0.119. The first-order chi connectivity index (χ1) is 14.2. The summed E-state index contributed by atoms with van der Waals surface area (Å²) in [5, 5.41) is 2.98. The lowest BCUT2D eigenvalue weighted by Crippen LogP contribution is -2.41. The van der Waals surface area contributed by atoms with Crippen molar-refractivity contribution in [3.05, 3.63) is 47.0 Å². The minimum Gasteiger partial charge on any atom is -0.495 e. The summed E-state index contributed by atoms with van der Waals surface area (Å²) in [6.45, 7) is 3.86. The number of carbonyl (C=O) groups excluding carboxylic acids is 1. The van der Waals surface area contributed by atoms with Gasteiger partial charge in [-0.3, -0.25) is 9.10 Å². The zero-order chi connectivity index (χ0) is 22.3. The monoisotopic (exact) mass is 454 g/mol. The number of nitrogens with one attached hydrogen (secondary N) is 1. The van der Waals surface area contributed by atoms with Gasteiger partial charge in [-0.05, 0) is 49.2 Å². The Balaban J connectivity index is 2.53. The van der Waals surface area contributed by atoms with Crippen molar-refractivity contribution in [2.75, 3.05) is 31.6 Å². The van der Waals surface area contributed by atoms with E-state index in [-0.39, 0.29) is 21.4 Å². The smallest absolute Gasteiger partial charge is 0.268 e. The largest absolute Gasteiger partial charge is 0.495 e. The molecule has 0 aliphatic rings. The normalized spacial score (nSPS) is 11.1. The number of hydrogen-bond acceptors (Lipinski definition) is 5. The third kappa shape index (κ3) is 5.58. The summed E-state index contributed by atoms with van der Waals surface area (Å²) in [5.41, 5.74) is 0.990. The molecule has 2 aromatic rings. The van der Waals surface area contributed by atoms with Crippen molar-refractivity contribution in [1.82, 2.24) is 5.32 Å². The molecule has 2 aromatic carbocycles. The molecule has 0 fully saturated rings. The molecule has 0 radical (unpaired) electrons. The number of unbranched alkanes of at least 4 members (excludes halogenated alkanes) is 1. The van der Waals surface area contributed by atoms with Crippen molar-refractivity contribution in [3.8, 4) is 11.5 Å². The first-order valence-electron chi connectivity index (χ1n) is 9.52. The van der Waals surface area contributed by atoms with Crippen LogP contribution >= 0.6 is 11.6 Å². The number of ether oxygens (including phenoxy) is 2. The van der Waals surface area contributed by atoms with Crippen molar-refractivity contribution in [1.29, 1.82) is 0 Å². The molecule has 0 aliphatic heterocycles. The predicted octanol–water partition coefficient (Wildman–Crippen LogP) is 3.78. The van der Waals surface area contributed by atoms with Crippen LogP contribution in [-0.2, 0) is 14.8 Å². The molecule has 0 aliphatic carbocycles. The van der Waals surface area contributed by atoms with E-state index in [0.717, 1.165) is 22.7 Å². The van der Waals surface area contributed by atoms with Crippen LogP contribution in [0.15, 0.2) is 41.3 Å². The number of nitrogens with zero attached hydrogens (tertiary/aromatic N) is 1. The molecule has 0 saturated heterocycles. The van der Waals surface area contributed by atoms with Gasteiger partial charge in [0.2, 0.25) is 5.91 Å². The summed E-state index contributed by atoms with van der Waals surface area (Å²) < 4.78 is 38.6. The molecule has 0 bridgehead atoms. The van der Waals surface area contributed by atoms with Crippen molar-refractivity contribution < 1.29 is 22.7 Å². The van der Waals surface area contributed by atoms with Crippen LogP contribution in [0.5, 0.6) is 11.5 Å². The number of anilines is 1. The lowest BCUT2D eigenvalue weighted by atomic mass is 10.2. The predicted molar refractivity (Wildman–Crippen MR) is 118 cm³/mol. The Bertz CT molecular complexity index is 995. The van der Waals surface area contributed by atoms with Crippen LogP contribution < -0.4 is 19.1 Å². The molecule has 0 atom stereocenters. The van der Waals surface area contributed by atoms with Crippen molar-refractivity contribution in [3.63, 3.8) is 0 Å². The second kappa shape index (κ2) is 10.5. The number of rotatable bonds is 10. The number of amides is 1. The van der Waals surface area contributed by atoms with Crippen LogP contribution in [0.4, 0.5) is 5.69 Å². The number of methoxy groups -OCH3 is 2. The van der Waals surface area contributed by atoms with E-state index in [1.54, 1.807) is 31.2 Å². The van der Waals surface area contributed by atoms with Gasteiger partial charge in [0.1, 0.15) is 22.9 Å². The van der Waals surface area contributed by atoms with E-state index in [1.165, 1.54) is 26.4 Å². The summed E-state index contributed by atoms with van der Waals surface area (Å²) in [7, 11) is -1.27. The summed E-state index contributed by atoms with van der Waals surface area (Å²) >= 11 is 6.22. The SMILES string of the molecule is CCCCNC(=O)CN(c1ccc(OC)c(Cl)c1)S(=O)(=O)c1cc(C)ccc1OC. The second-order valence-electron chi connectivity index (χ2n) is 6.69. The summed E-state index contributed by atoms with van der Waals surface area (Å²) in [6.07, 6.45) is 1.72. The molecule has 7 nitrogen and oxygen atoms in total. The van der Waals surface area contributed by atoms with E-state index in [2.05, 4.69) is 5.32 Å². The molecule has 0 heterocycles. The molecule has 164 valence electrons. The van der Waals surface area contributed by atoms with E-state index < -0.39 is 22.5 Å². The van der Waals surface area contributed by atoms with Crippen LogP contribution in [0.1, 0.15) is 25.3 Å². The van der Waals surface area contributed by atoms with Gasteiger partial charge in [-0.15, -0.1) is 0 Å². The Labute approximate surface area is 183 Å². The second-order valence-corrected chi connectivity index (χ2v) is 8.93. The van der Waals surface area contributed by atoms with E-state index in [0.29, 0.717) is 12.3 Å². The van der Waals surface area contributed by atoms with Crippen LogP contribution in [0.25, 0.3) is 0 Å². The van der Waals surface area contributed by atoms with Gasteiger partial charge in [-0.25, -0.2) is 8.42 Å². The Morgan fingerprint density at radius 2 is 1.77 bits per heavy atom. The minimum atomic E-state index is -4.13. The summed E-state index contributed by atoms with van der Waals surface area (Å²) in [4.78, 5) is 12.5. The number of aryl methyl sites for hydroxylation is 1. The molecular formula is C21H27ClN2O5S. The molecule has 30 heavy (non-hydrogen) atoms. The van der Waals surface area contributed by atoms with Gasteiger partial charge in [0, 0.05) is 6.54 Å². The fraction of sp³-hybridized carbons (Fsp3) is 0.381. The van der Waals surface area contributed by atoms with Gasteiger partial charge in [0.25, 0.3) is 10.0 Å². The molecule has 2 rings (SSSR count). The number of sulfonamides is 1. The van der Waals surface area contributed by atoms with E-state index in [4.69, 9.17) is 21.1 Å². The first kappa shape index (κ1) is 23.8. The summed E-state index contributed by atoms with van der Waals surface area (Å²) in [6, 6.07) is 9.42. The molecule has 0 unspecified atom stereocenters. The van der Waals surface area contributed by atoms with Crippen molar-refractivity contribution in [2.24, 2.45) is 0 Å². The fourth-order valence-corrected chi connectivity index (χ4v) is 4.73. The van der Waals surface area contributed by atoms with E-state index >= 15 is 0 Å². The maximum atomic E-state index is 13.6. The van der Waals surface area contributed by atoms with E-state index in [9.17, 15) is 13.2 Å². The van der Waals surface area contributed by atoms with Gasteiger partial charge < -0.3 is 14.8 Å². The van der Waals surface area contributed by atoms with Gasteiger partial charge in [-0.1, -0.05) is 31.0 Å². The summed E-state index contributed by atoms with van der Waals surface area (Å²) in [5.74, 6) is 0.181. The maximum absolute atomic E-state index is 13.6. The topological polar surface area (TPSA) is 84.9 Å². The van der Waals surface area contributed by atoms with Crippen molar-refractivity contribution in [2.45, 2.75) is 31.6 Å². The third-order valence-electron chi connectivity index (χ3n) is 4.45. The lowest BCUT2D eigenvalue weighted by Gasteiger charge is -2.25. The Hall–Kier alpha value is -2.45. The molecule has 0 saturated carbocycles. The molecule has 0 spiro atoms.